The summed E-state index contributed by atoms with van der Waals surface area (Å²) < 4.78 is 10.7. The first-order valence-electron chi connectivity index (χ1n) is 7.88. The second-order valence-corrected chi connectivity index (χ2v) is 5.33. The molecule has 2 aromatic rings. The topological polar surface area (TPSA) is 71.3 Å². The maximum atomic E-state index is 12.3. The minimum Gasteiger partial charge on any atom is -0.493 e. The molecule has 0 bridgehead atoms. The first-order valence-corrected chi connectivity index (χ1v) is 7.88. The van der Waals surface area contributed by atoms with Gasteiger partial charge in [0.05, 0.1) is 13.7 Å². The molecule has 0 spiro atoms. The molecule has 0 heterocycles. The van der Waals surface area contributed by atoms with Gasteiger partial charge in [-0.2, -0.15) is 5.26 Å². The Morgan fingerprint density at radius 3 is 2.52 bits per heavy atom. The molecule has 0 saturated heterocycles. The summed E-state index contributed by atoms with van der Waals surface area (Å²) in [6.45, 7) is 4.37. The standard InChI is InChI=1S/C20H20N2O3/c1-4-25-18-10-7-15(12-19(18)24-3)11-16(13-21)20(23)22-17-8-5-14(2)6-9-17/h5-12H,4H2,1-3H3,(H,22,23)/b16-11-. The van der Waals surface area contributed by atoms with Crippen molar-refractivity contribution in [1.82, 2.24) is 0 Å². The number of nitrogens with one attached hydrogen (secondary N) is 1. The molecule has 0 aromatic heterocycles. The van der Waals surface area contributed by atoms with E-state index in [0.29, 0.717) is 29.4 Å². The highest BCUT2D eigenvalue weighted by Gasteiger charge is 2.11. The van der Waals surface area contributed by atoms with Crippen LogP contribution in [0.25, 0.3) is 6.08 Å². The minimum absolute atomic E-state index is 0.00629. The number of hydrogen-bond acceptors (Lipinski definition) is 4. The monoisotopic (exact) mass is 336 g/mol. The third-order valence-electron chi connectivity index (χ3n) is 3.47. The number of nitriles is 1. The normalized spacial score (nSPS) is 10.7. The highest BCUT2D eigenvalue weighted by molar-refractivity contribution is 6.09. The van der Waals surface area contributed by atoms with E-state index in [1.807, 2.05) is 32.0 Å². The number of benzene rings is 2. The van der Waals surface area contributed by atoms with Gasteiger partial charge in [0.25, 0.3) is 5.91 Å². The van der Waals surface area contributed by atoms with E-state index in [9.17, 15) is 10.1 Å². The largest absolute Gasteiger partial charge is 0.493 e. The Bertz CT molecular complexity index is 818. The number of carbonyl (C=O) groups is 1. The summed E-state index contributed by atoms with van der Waals surface area (Å²) in [6, 6.07) is 14.5. The summed E-state index contributed by atoms with van der Waals surface area (Å²) in [7, 11) is 1.54. The average Bonchev–Trinajstić information content (AvgIpc) is 2.62. The molecular formula is C20H20N2O3. The number of amides is 1. The molecule has 0 aliphatic rings. The van der Waals surface area contributed by atoms with E-state index in [4.69, 9.17) is 9.47 Å². The van der Waals surface area contributed by atoms with Gasteiger partial charge >= 0.3 is 0 Å². The van der Waals surface area contributed by atoms with Gasteiger partial charge in [-0.25, -0.2) is 0 Å². The fraction of sp³-hybridized carbons (Fsp3) is 0.200. The van der Waals surface area contributed by atoms with E-state index in [1.54, 1.807) is 37.4 Å². The van der Waals surface area contributed by atoms with Gasteiger partial charge in [-0.15, -0.1) is 0 Å². The van der Waals surface area contributed by atoms with Gasteiger partial charge in [0.2, 0.25) is 0 Å². The molecule has 1 amide bonds. The lowest BCUT2D eigenvalue weighted by Gasteiger charge is -2.10. The quantitative estimate of drug-likeness (QED) is 0.640. The van der Waals surface area contributed by atoms with Crippen LogP contribution in [0.1, 0.15) is 18.1 Å². The fourth-order valence-electron chi connectivity index (χ4n) is 2.20. The van der Waals surface area contributed by atoms with E-state index >= 15 is 0 Å². The Kier molecular flexibility index (Phi) is 6.19. The van der Waals surface area contributed by atoms with Crippen molar-refractivity contribution in [1.29, 1.82) is 5.26 Å². The zero-order chi connectivity index (χ0) is 18.2. The van der Waals surface area contributed by atoms with Gasteiger partial charge < -0.3 is 14.8 Å². The number of hydrogen-bond donors (Lipinski definition) is 1. The van der Waals surface area contributed by atoms with Gasteiger partial charge in [0, 0.05) is 5.69 Å². The Balaban J connectivity index is 2.22. The van der Waals surface area contributed by atoms with Crippen LogP contribution < -0.4 is 14.8 Å². The van der Waals surface area contributed by atoms with Crippen LogP contribution in [-0.4, -0.2) is 19.6 Å². The summed E-state index contributed by atoms with van der Waals surface area (Å²) in [5.74, 6) is 0.704. The first-order chi connectivity index (χ1) is 12.1. The molecule has 0 radical (unpaired) electrons. The maximum Gasteiger partial charge on any atom is 0.266 e. The lowest BCUT2D eigenvalue weighted by molar-refractivity contribution is -0.112. The molecule has 5 heteroatoms. The predicted octanol–water partition coefficient (Wildman–Crippen LogP) is 3.95. The van der Waals surface area contributed by atoms with Crippen molar-refractivity contribution in [2.24, 2.45) is 0 Å². The number of carbonyl (C=O) groups excluding carboxylic acids is 1. The zero-order valence-electron chi connectivity index (χ0n) is 14.5. The summed E-state index contributed by atoms with van der Waals surface area (Å²) >= 11 is 0. The van der Waals surface area contributed by atoms with Crippen LogP contribution in [0.5, 0.6) is 11.5 Å². The first kappa shape index (κ1) is 18.1. The zero-order valence-corrected chi connectivity index (χ0v) is 14.5. The summed E-state index contributed by atoms with van der Waals surface area (Å²) in [6.07, 6.45) is 1.52. The number of methoxy groups -OCH3 is 1. The fourth-order valence-corrected chi connectivity index (χ4v) is 2.20. The highest BCUT2D eigenvalue weighted by atomic mass is 16.5. The number of nitrogens with zero attached hydrogens (tertiary/aromatic N) is 1. The molecule has 2 aromatic carbocycles. The molecule has 0 saturated carbocycles. The van der Waals surface area contributed by atoms with Crippen LogP contribution in [0.2, 0.25) is 0 Å². The Hall–Kier alpha value is -3.26. The Labute approximate surface area is 147 Å². The van der Waals surface area contributed by atoms with Crippen molar-refractivity contribution in [3.63, 3.8) is 0 Å². The predicted molar refractivity (Wildman–Crippen MR) is 97.6 cm³/mol. The molecular weight excluding hydrogens is 316 g/mol. The number of ether oxygens (including phenoxy) is 2. The third kappa shape index (κ3) is 4.85. The van der Waals surface area contributed by atoms with Crippen LogP contribution in [0, 0.1) is 18.3 Å². The number of aryl methyl sites for hydroxylation is 1. The van der Waals surface area contributed by atoms with E-state index in [1.165, 1.54) is 6.08 Å². The van der Waals surface area contributed by atoms with Crippen molar-refractivity contribution in [3.05, 3.63) is 59.2 Å². The van der Waals surface area contributed by atoms with Gasteiger partial charge in [-0.05, 0) is 49.8 Å². The van der Waals surface area contributed by atoms with Crippen molar-refractivity contribution in [2.75, 3.05) is 19.0 Å². The van der Waals surface area contributed by atoms with E-state index in [2.05, 4.69) is 5.32 Å². The molecule has 128 valence electrons. The Morgan fingerprint density at radius 1 is 1.20 bits per heavy atom. The molecule has 2 rings (SSSR count). The molecule has 1 N–H and O–H groups in total. The second kappa shape index (κ2) is 8.55. The maximum absolute atomic E-state index is 12.3. The smallest absolute Gasteiger partial charge is 0.266 e. The molecule has 5 nitrogen and oxygen atoms in total. The van der Waals surface area contributed by atoms with Gasteiger partial charge in [0.1, 0.15) is 11.6 Å². The summed E-state index contributed by atoms with van der Waals surface area (Å²) in [5.41, 5.74) is 2.42. The average molecular weight is 336 g/mol. The molecule has 0 unspecified atom stereocenters. The molecule has 0 atom stereocenters. The van der Waals surface area contributed by atoms with Crippen molar-refractivity contribution in [2.45, 2.75) is 13.8 Å². The molecule has 0 aliphatic carbocycles. The van der Waals surface area contributed by atoms with E-state index in [0.717, 1.165) is 5.56 Å². The molecule has 0 aliphatic heterocycles. The lowest BCUT2D eigenvalue weighted by atomic mass is 10.1. The van der Waals surface area contributed by atoms with Crippen molar-refractivity contribution < 1.29 is 14.3 Å². The van der Waals surface area contributed by atoms with Crippen LogP contribution in [0.15, 0.2) is 48.0 Å². The van der Waals surface area contributed by atoms with Crippen molar-refractivity contribution >= 4 is 17.7 Å². The van der Waals surface area contributed by atoms with Gasteiger partial charge in [-0.3, -0.25) is 4.79 Å². The van der Waals surface area contributed by atoms with Gasteiger partial charge in [-0.1, -0.05) is 23.8 Å². The van der Waals surface area contributed by atoms with E-state index < -0.39 is 5.91 Å². The van der Waals surface area contributed by atoms with Crippen LogP contribution in [0.3, 0.4) is 0 Å². The summed E-state index contributed by atoms with van der Waals surface area (Å²) in [4.78, 5) is 12.3. The minimum atomic E-state index is -0.459. The molecule has 25 heavy (non-hydrogen) atoms. The number of rotatable bonds is 6. The number of anilines is 1. The van der Waals surface area contributed by atoms with E-state index in [-0.39, 0.29) is 5.57 Å². The second-order valence-electron chi connectivity index (χ2n) is 5.33. The van der Waals surface area contributed by atoms with Crippen molar-refractivity contribution in [3.8, 4) is 17.6 Å². The molecule has 0 fully saturated rings. The highest BCUT2D eigenvalue weighted by Crippen LogP contribution is 2.29. The summed E-state index contributed by atoms with van der Waals surface area (Å²) in [5, 5.41) is 12.0. The van der Waals surface area contributed by atoms with Gasteiger partial charge in [0.15, 0.2) is 11.5 Å². The SMILES string of the molecule is CCOc1ccc(/C=C(/C#N)C(=O)Nc2ccc(C)cc2)cc1OC. The lowest BCUT2D eigenvalue weighted by Crippen LogP contribution is -2.13. The van der Waals surface area contributed by atoms with Crippen LogP contribution in [0.4, 0.5) is 5.69 Å². The third-order valence-corrected chi connectivity index (χ3v) is 3.47. The van der Waals surface area contributed by atoms with Crippen LogP contribution >= 0.6 is 0 Å². The Morgan fingerprint density at radius 2 is 1.92 bits per heavy atom. The van der Waals surface area contributed by atoms with Crippen LogP contribution in [-0.2, 0) is 4.79 Å².